The van der Waals surface area contributed by atoms with Gasteiger partial charge in [-0.2, -0.15) is 0 Å². The second kappa shape index (κ2) is 7.91. The van der Waals surface area contributed by atoms with Gasteiger partial charge in [0, 0.05) is 12.1 Å². The quantitative estimate of drug-likeness (QED) is 0.843. The number of benzene rings is 2. The molecular weight excluding hydrogens is 350 g/mol. The van der Waals surface area contributed by atoms with Crippen LogP contribution >= 0.6 is 0 Å². The molecule has 1 N–H and O–H groups in total. The zero-order valence-corrected chi connectivity index (χ0v) is 15.6. The molecule has 0 heterocycles. The van der Waals surface area contributed by atoms with Crippen LogP contribution in [-0.4, -0.2) is 27.2 Å². The summed E-state index contributed by atoms with van der Waals surface area (Å²) in [6.07, 6.45) is 4.20. The summed E-state index contributed by atoms with van der Waals surface area (Å²) in [6, 6.07) is 12.1. The second-order valence-corrected chi connectivity index (χ2v) is 8.55. The molecule has 0 bridgehead atoms. The number of sulfone groups is 1. The standard InChI is InChI=1S/C20H23NO4S/c1-25-16-9-11-17(12-10-16)26(23,24)14-13-20(22)21-19-8-4-6-15-5-2-3-7-18(15)19/h4,6,8-12H,2-3,5,7,13-14H2,1H3,(H,21,22). The lowest BCUT2D eigenvalue weighted by Gasteiger charge is -2.19. The molecule has 0 unspecified atom stereocenters. The summed E-state index contributed by atoms with van der Waals surface area (Å²) in [4.78, 5) is 12.5. The lowest BCUT2D eigenvalue weighted by atomic mass is 9.90. The van der Waals surface area contributed by atoms with Crippen LogP contribution in [0.5, 0.6) is 5.75 Å². The molecule has 6 heteroatoms. The van der Waals surface area contributed by atoms with Gasteiger partial charge in [0.2, 0.25) is 5.91 Å². The van der Waals surface area contributed by atoms with Gasteiger partial charge in [0.05, 0.1) is 17.8 Å². The smallest absolute Gasteiger partial charge is 0.225 e. The molecular formula is C20H23NO4S. The normalized spacial score (nSPS) is 13.7. The van der Waals surface area contributed by atoms with Gasteiger partial charge in [0.15, 0.2) is 9.84 Å². The minimum Gasteiger partial charge on any atom is -0.497 e. The maximum Gasteiger partial charge on any atom is 0.225 e. The zero-order chi connectivity index (χ0) is 18.6. The Morgan fingerprint density at radius 2 is 1.81 bits per heavy atom. The summed E-state index contributed by atoms with van der Waals surface area (Å²) in [7, 11) is -1.98. The highest BCUT2D eigenvalue weighted by atomic mass is 32.2. The Morgan fingerprint density at radius 1 is 1.08 bits per heavy atom. The van der Waals surface area contributed by atoms with E-state index in [0.29, 0.717) is 5.75 Å². The van der Waals surface area contributed by atoms with Crippen LogP contribution in [0.1, 0.15) is 30.4 Å². The number of carbonyl (C=O) groups is 1. The van der Waals surface area contributed by atoms with E-state index in [1.807, 2.05) is 12.1 Å². The number of methoxy groups -OCH3 is 1. The van der Waals surface area contributed by atoms with Crippen LogP contribution in [0.4, 0.5) is 5.69 Å². The van der Waals surface area contributed by atoms with Crippen molar-refractivity contribution in [3.05, 3.63) is 53.6 Å². The first-order valence-corrected chi connectivity index (χ1v) is 10.4. The van der Waals surface area contributed by atoms with E-state index in [9.17, 15) is 13.2 Å². The van der Waals surface area contributed by atoms with Gasteiger partial charge in [-0.3, -0.25) is 4.79 Å². The number of rotatable bonds is 6. The summed E-state index contributed by atoms with van der Waals surface area (Å²) in [6.45, 7) is 0. The van der Waals surface area contributed by atoms with E-state index in [-0.39, 0.29) is 23.0 Å². The lowest BCUT2D eigenvalue weighted by Crippen LogP contribution is -2.19. The highest BCUT2D eigenvalue weighted by molar-refractivity contribution is 7.91. The first kappa shape index (κ1) is 18.5. The Kier molecular flexibility index (Phi) is 5.61. The molecule has 2 aromatic rings. The molecule has 0 aromatic heterocycles. The highest BCUT2D eigenvalue weighted by Gasteiger charge is 2.18. The fraction of sp³-hybridized carbons (Fsp3) is 0.350. The molecule has 3 rings (SSSR count). The Bertz CT molecular complexity index is 889. The van der Waals surface area contributed by atoms with E-state index >= 15 is 0 Å². The average Bonchev–Trinajstić information content (AvgIpc) is 2.67. The Hall–Kier alpha value is -2.34. The van der Waals surface area contributed by atoms with Crippen molar-refractivity contribution in [3.63, 3.8) is 0 Å². The van der Waals surface area contributed by atoms with Crippen LogP contribution in [0.15, 0.2) is 47.4 Å². The fourth-order valence-corrected chi connectivity index (χ4v) is 4.48. The number of ether oxygens (including phenoxy) is 1. The molecule has 0 saturated heterocycles. The van der Waals surface area contributed by atoms with Gasteiger partial charge in [-0.1, -0.05) is 12.1 Å². The maximum absolute atomic E-state index is 12.4. The van der Waals surface area contributed by atoms with E-state index in [1.165, 1.54) is 36.8 Å². The molecule has 0 radical (unpaired) electrons. The lowest BCUT2D eigenvalue weighted by molar-refractivity contribution is -0.115. The maximum atomic E-state index is 12.4. The number of anilines is 1. The van der Waals surface area contributed by atoms with E-state index in [4.69, 9.17) is 4.74 Å². The van der Waals surface area contributed by atoms with Crippen molar-refractivity contribution in [2.75, 3.05) is 18.2 Å². The number of carbonyl (C=O) groups excluding carboxylic acids is 1. The number of fused-ring (bicyclic) bond motifs is 1. The molecule has 0 aliphatic heterocycles. The monoisotopic (exact) mass is 373 g/mol. The first-order chi connectivity index (χ1) is 12.5. The van der Waals surface area contributed by atoms with Crippen molar-refractivity contribution in [2.24, 2.45) is 0 Å². The van der Waals surface area contributed by atoms with Gasteiger partial charge >= 0.3 is 0 Å². The third-order valence-corrected chi connectivity index (χ3v) is 6.42. The number of aryl methyl sites for hydroxylation is 1. The van der Waals surface area contributed by atoms with Crippen molar-refractivity contribution >= 4 is 21.4 Å². The molecule has 1 aliphatic carbocycles. The summed E-state index contributed by atoms with van der Waals surface area (Å²) in [5.74, 6) is 0.0943. The molecule has 26 heavy (non-hydrogen) atoms. The van der Waals surface area contributed by atoms with Crippen LogP contribution < -0.4 is 10.1 Å². The fourth-order valence-electron chi connectivity index (χ4n) is 3.24. The van der Waals surface area contributed by atoms with E-state index < -0.39 is 9.84 Å². The molecule has 5 nitrogen and oxygen atoms in total. The minimum absolute atomic E-state index is 0.0714. The summed E-state index contributed by atoms with van der Waals surface area (Å²) in [5.41, 5.74) is 3.28. The Balaban J connectivity index is 1.63. The van der Waals surface area contributed by atoms with Gasteiger partial charge in [0.1, 0.15) is 5.75 Å². The number of amides is 1. The Morgan fingerprint density at radius 3 is 2.54 bits per heavy atom. The van der Waals surface area contributed by atoms with E-state index in [0.717, 1.165) is 24.9 Å². The van der Waals surface area contributed by atoms with Crippen LogP contribution in [0, 0.1) is 0 Å². The van der Waals surface area contributed by atoms with Crippen molar-refractivity contribution in [2.45, 2.75) is 37.0 Å². The van der Waals surface area contributed by atoms with E-state index in [2.05, 4.69) is 11.4 Å². The third kappa shape index (κ3) is 4.25. The molecule has 0 saturated carbocycles. The zero-order valence-electron chi connectivity index (χ0n) is 14.8. The van der Waals surface area contributed by atoms with Gasteiger partial charge < -0.3 is 10.1 Å². The van der Waals surface area contributed by atoms with Crippen LogP contribution in [0.3, 0.4) is 0 Å². The van der Waals surface area contributed by atoms with E-state index in [1.54, 1.807) is 12.1 Å². The van der Waals surface area contributed by atoms with Gasteiger partial charge in [-0.25, -0.2) is 8.42 Å². The van der Waals surface area contributed by atoms with Crippen molar-refractivity contribution in [3.8, 4) is 5.75 Å². The molecule has 0 spiro atoms. The van der Waals surface area contributed by atoms with Crippen LogP contribution in [0.2, 0.25) is 0 Å². The SMILES string of the molecule is COc1ccc(S(=O)(=O)CCC(=O)Nc2cccc3c2CCCC3)cc1. The van der Waals surface area contributed by atoms with Crippen molar-refractivity contribution in [1.82, 2.24) is 0 Å². The average molecular weight is 373 g/mol. The second-order valence-electron chi connectivity index (χ2n) is 6.44. The Labute approximate surface area is 154 Å². The van der Waals surface area contributed by atoms with Gasteiger partial charge in [-0.05, 0) is 67.1 Å². The first-order valence-electron chi connectivity index (χ1n) is 8.77. The predicted octanol–water partition coefficient (Wildman–Crippen LogP) is 3.38. The highest BCUT2D eigenvalue weighted by Crippen LogP contribution is 2.28. The molecule has 1 aliphatic rings. The number of hydrogen-bond donors (Lipinski definition) is 1. The molecule has 1 amide bonds. The van der Waals surface area contributed by atoms with Gasteiger partial charge in [-0.15, -0.1) is 0 Å². The minimum atomic E-state index is -3.51. The molecule has 0 atom stereocenters. The third-order valence-electron chi connectivity index (χ3n) is 4.69. The van der Waals surface area contributed by atoms with Crippen molar-refractivity contribution < 1.29 is 17.9 Å². The van der Waals surface area contributed by atoms with Crippen molar-refractivity contribution in [1.29, 1.82) is 0 Å². The van der Waals surface area contributed by atoms with Crippen LogP contribution in [0.25, 0.3) is 0 Å². The van der Waals surface area contributed by atoms with Crippen LogP contribution in [-0.2, 0) is 27.5 Å². The van der Waals surface area contributed by atoms with Gasteiger partial charge in [0.25, 0.3) is 0 Å². The molecule has 2 aromatic carbocycles. The summed E-state index contributed by atoms with van der Waals surface area (Å²) in [5, 5.41) is 2.89. The topological polar surface area (TPSA) is 72.5 Å². The largest absolute Gasteiger partial charge is 0.497 e. The number of nitrogens with one attached hydrogen (secondary N) is 1. The number of hydrogen-bond acceptors (Lipinski definition) is 4. The predicted molar refractivity (Wildman–Crippen MR) is 101 cm³/mol. The summed E-state index contributed by atoms with van der Waals surface area (Å²) < 4.78 is 29.8. The molecule has 138 valence electrons. The molecule has 0 fully saturated rings. The summed E-state index contributed by atoms with van der Waals surface area (Å²) >= 11 is 0.